The van der Waals surface area contributed by atoms with Crippen LogP contribution in [-0.4, -0.2) is 17.7 Å². The Morgan fingerprint density at radius 3 is 2.88 bits per heavy atom. The van der Waals surface area contributed by atoms with E-state index in [4.69, 9.17) is 5.11 Å². The van der Waals surface area contributed by atoms with Gasteiger partial charge < -0.3 is 9.84 Å². The first kappa shape index (κ1) is 7.43. The highest BCUT2D eigenvalue weighted by Gasteiger charge is 1.93. The number of carboxylic acid groups (broad SMARTS) is 1. The molecule has 0 unspecified atom stereocenters. The topological polar surface area (TPSA) is 46.5 Å². The van der Waals surface area contributed by atoms with E-state index in [0.29, 0.717) is 6.61 Å². The lowest BCUT2D eigenvalue weighted by molar-refractivity contribution is -0.137. The SMILES string of the molecule is CCO[CH]CC(=O)O. The zero-order chi connectivity index (χ0) is 6.41. The van der Waals surface area contributed by atoms with Crippen LogP contribution in [-0.2, 0) is 9.53 Å². The van der Waals surface area contributed by atoms with Crippen LogP contribution in [0.15, 0.2) is 0 Å². The molecule has 0 amide bonds. The van der Waals surface area contributed by atoms with Crippen LogP contribution in [0.2, 0.25) is 0 Å². The third-order valence-corrected chi connectivity index (χ3v) is 0.542. The van der Waals surface area contributed by atoms with Crippen LogP contribution in [0.4, 0.5) is 0 Å². The second kappa shape index (κ2) is 4.59. The van der Waals surface area contributed by atoms with Gasteiger partial charge in [-0.3, -0.25) is 4.79 Å². The highest BCUT2D eigenvalue weighted by Crippen LogP contribution is 1.87. The van der Waals surface area contributed by atoms with Crippen LogP contribution < -0.4 is 0 Å². The van der Waals surface area contributed by atoms with E-state index in [1.807, 2.05) is 0 Å². The van der Waals surface area contributed by atoms with Crippen molar-refractivity contribution in [1.29, 1.82) is 0 Å². The molecule has 0 rings (SSSR count). The fourth-order valence-corrected chi connectivity index (χ4v) is 0.248. The number of rotatable bonds is 4. The monoisotopic (exact) mass is 117 g/mol. The quantitative estimate of drug-likeness (QED) is 0.550. The van der Waals surface area contributed by atoms with E-state index in [1.54, 1.807) is 6.92 Å². The van der Waals surface area contributed by atoms with Crippen molar-refractivity contribution >= 4 is 5.97 Å². The standard InChI is InChI=1S/C5H9O3/c1-2-8-4-3-5(6)7/h4H,2-3H2,1H3,(H,6,7). The summed E-state index contributed by atoms with van der Waals surface area (Å²) >= 11 is 0. The lowest BCUT2D eigenvalue weighted by Crippen LogP contribution is -1.96. The summed E-state index contributed by atoms with van der Waals surface area (Å²) in [5, 5.41) is 8.03. The van der Waals surface area contributed by atoms with Gasteiger partial charge in [-0.15, -0.1) is 0 Å². The molecule has 8 heavy (non-hydrogen) atoms. The number of hydrogen-bond acceptors (Lipinski definition) is 2. The maximum absolute atomic E-state index is 9.76. The van der Waals surface area contributed by atoms with Gasteiger partial charge in [0, 0.05) is 6.61 Å². The first-order chi connectivity index (χ1) is 3.77. The lowest BCUT2D eigenvalue weighted by Gasteiger charge is -1.92. The van der Waals surface area contributed by atoms with Crippen LogP contribution in [0, 0.1) is 6.61 Å². The van der Waals surface area contributed by atoms with Crippen molar-refractivity contribution in [2.45, 2.75) is 13.3 Å². The van der Waals surface area contributed by atoms with Crippen molar-refractivity contribution in [3.63, 3.8) is 0 Å². The Morgan fingerprint density at radius 1 is 1.88 bits per heavy atom. The van der Waals surface area contributed by atoms with Gasteiger partial charge in [-0.25, -0.2) is 0 Å². The van der Waals surface area contributed by atoms with Gasteiger partial charge in [0.15, 0.2) is 0 Å². The number of carbonyl (C=O) groups is 1. The van der Waals surface area contributed by atoms with Gasteiger partial charge >= 0.3 is 5.97 Å². The van der Waals surface area contributed by atoms with Crippen LogP contribution in [0.3, 0.4) is 0 Å². The van der Waals surface area contributed by atoms with Crippen LogP contribution >= 0.6 is 0 Å². The number of ether oxygens (including phenoxy) is 1. The molecule has 0 heterocycles. The average molecular weight is 117 g/mol. The fourth-order valence-electron chi connectivity index (χ4n) is 0.248. The molecular formula is C5H9O3. The molecule has 47 valence electrons. The molecule has 0 fully saturated rings. The summed E-state index contributed by atoms with van der Waals surface area (Å²) in [6.45, 7) is 3.62. The second-order valence-electron chi connectivity index (χ2n) is 1.22. The van der Waals surface area contributed by atoms with E-state index < -0.39 is 5.97 Å². The van der Waals surface area contributed by atoms with E-state index in [0.717, 1.165) is 0 Å². The molecule has 0 aliphatic heterocycles. The van der Waals surface area contributed by atoms with Gasteiger partial charge in [-0.1, -0.05) is 0 Å². The predicted octanol–water partition coefficient (Wildman–Crippen LogP) is 0.659. The van der Waals surface area contributed by atoms with Gasteiger partial charge in [0.05, 0.1) is 13.0 Å². The highest BCUT2D eigenvalue weighted by atomic mass is 16.5. The first-order valence-corrected chi connectivity index (χ1v) is 2.42. The van der Waals surface area contributed by atoms with Gasteiger partial charge in [-0.05, 0) is 6.92 Å². The Bertz CT molecular complexity index is 70.1. The van der Waals surface area contributed by atoms with E-state index in [1.165, 1.54) is 6.61 Å². The van der Waals surface area contributed by atoms with Gasteiger partial charge in [0.2, 0.25) is 0 Å². The van der Waals surface area contributed by atoms with E-state index in [2.05, 4.69) is 4.74 Å². The Labute approximate surface area is 48.3 Å². The number of aliphatic carboxylic acids is 1. The summed E-state index contributed by atoms with van der Waals surface area (Å²) in [5.41, 5.74) is 0. The summed E-state index contributed by atoms with van der Waals surface area (Å²) in [7, 11) is 0. The Hall–Kier alpha value is -0.570. The van der Waals surface area contributed by atoms with Gasteiger partial charge in [0.1, 0.15) is 0 Å². The lowest BCUT2D eigenvalue weighted by atomic mass is 10.5. The summed E-state index contributed by atoms with van der Waals surface area (Å²) in [4.78, 5) is 9.76. The van der Waals surface area contributed by atoms with Crippen LogP contribution in [0.1, 0.15) is 13.3 Å². The molecule has 0 aromatic rings. The van der Waals surface area contributed by atoms with Crippen molar-refractivity contribution in [2.24, 2.45) is 0 Å². The maximum Gasteiger partial charge on any atom is 0.306 e. The molecule has 0 aliphatic rings. The van der Waals surface area contributed by atoms with E-state index in [-0.39, 0.29) is 6.42 Å². The molecular weight excluding hydrogens is 108 g/mol. The van der Waals surface area contributed by atoms with Crippen molar-refractivity contribution in [2.75, 3.05) is 6.61 Å². The highest BCUT2D eigenvalue weighted by molar-refractivity contribution is 5.67. The second-order valence-corrected chi connectivity index (χ2v) is 1.22. The molecule has 0 saturated carbocycles. The molecule has 3 nitrogen and oxygen atoms in total. The van der Waals surface area contributed by atoms with Crippen LogP contribution in [0.25, 0.3) is 0 Å². The molecule has 3 heteroatoms. The van der Waals surface area contributed by atoms with Crippen molar-refractivity contribution in [3.05, 3.63) is 6.61 Å². The number of hydrogen-bond donors (Lipinski definition) is 1. The molecule has 0 aliphatic carbocycles. The van der Waals surface area contributed by atoms with E-state index >= 15 is 0 Å². The Morgan fingerprint density at radius 2 is 2.50 bits per heavy atom. The molecule has 1 radical (unpaired) electrons. The predicted molar refractivity (Wildman–Crippen MR) is 28.2 cm³/mol. The van der Waals surface area contributed by atoms with Gasteiger partial charge in [0.25, 0.3) is 0 Å². The maximum atomic E-state index is 9.76. The van der Waals surface area contributed by atoms with Crippen molar-refractivity contribution in [1.82, 2.24) is 0 Å². The molecule has 0 atom stereocenters. The smallest absolute Gasteiger partial charge is 0.306 e. The Kier molecular flexibility index (Phi) is 4.26. The summed E-state index contributed by atoms with van der Waals surface area (Å²) in [5.74, 6) is -0.863. The normalized spacial score (nSPS) is 9.12. The van der Waals surface area contributed by atoms with E-state index in [9.17, 15) is 4.79 Å². The minimum Gasteiger partial charge on any atom is -0.481 e. The Balaban J connectivity index is 2.82. The number of carboxylic acids is 1. The third-order valence-electron chi connectivity index (χ3n) is 0.542. The first-order valence-electron chi connectivity index (χ1n) is 2.42. The summed E-state index contributed by atoms with van der Waals surface area (Å²) in [6.07, 6.45) is -0.0200. The zero-order valence-corrected chi connectivity index (χ0v) is 4.76. The molecule has 0 spiro atoms. The van der Waals surface area contributed by atoms with Crippen molar-refractivity contribution in [3.8, 4) is 0 Å². The molecule has 1 N–H and O–H groups in total. The van der Waals surface area contributed by atoms with Crippen molar-refractivity contribution < 1.29 is 14.6 Å². The average Bonchev–Trinajstić information content (AvgIpc) is 1.66. The fraction of sp³-hybridized carbons (Fsp3) is 0.600. The zero-order valence-electron chi connectivity index (χ0n) is 4.76. The molecule has 0 bridgehead atoms. The molecule has 0 saturated heterocycles. The van der Waals surface area contributed by atoms with Gasteiger partial charge in [-0.2, -0.15) is 0 Å². The minimum atomic E-state index is -0.863. The van der Waals surface area contributed by atoms with Crippen LogP contribution in [0.5, 0.6) is 0 Å². The largest absolute Gasteiger partial charge is 0.481 e. The molecule has 0 aromatic carbocycles. The summed E-state index contributed by atoms with van der Waals surface area (Å²) in [6, 6.07) is 0. The third kappa shape index (κ3) is 5.43. The molecule has 0 aromatic heterocycles. The summed E-state index contributed by atoms with van der Waals surface area (Å²) < 4.78 is 4.64. The minimum absolute atomic E-state index is 0.0200.